The molecule has 1 unspecified atom stereocenters. The highest BCUT2D eigenvalue weighted by Gasteiger charge is 2.66. The zero-order chi connectivity index (χ0) is 32.9. The molecule has 0 radical (unpaired) electrons. The number of aromatic nitrogens is 1. The number of esters is 4. The molecule has 45 heavy (non-hydrogen) atoms. The number of aromatic amines is 1. The Morgan fingerprint density at radius 1 is 0.867 bits per heavy atom. The number of ether oxygens (including phenoxy) is 7. The third-order valence-corrected chi connectivity index (χ3v) is 6.63. The van der Waals surface area contributed by atoms with Crippen LogP contribution in [-0.4, -0.2) is 76.7 Å². The standard InChI is InChI=1S/C31H33NO13/c1-16(33)26-27(23-13-22(11-12-24(23)32-26)40-14-21-9-7-6-8-10-21)45-31(44-20(5)37)28(41-18(3)35)25(15-39-17(2)34)43-30(38)29(31)42-19(4)36/h6-13,25,28-30,32,38H,14-15H2,1-5H3/t25-,28+,29+,30?,31+/m1/s1. The molecule has 1 aromatic heterocycles. The smallest absolute Gasteiger partial charge is 0.336 e. The molecule has 14 heteroatoms. The first-order chi connectivity index (χ1) is 21.3. The fraction of sp³-hybridized carbons (Fsp3) is 0.387. The average Bonchev–Trinajstić information content (AvgIpc) is 3.32. The van der Waals surface area contributed by atoms with Crippen molar-refractivity contribution in [1.29, 1.82) is 0 Å². The van der Waals surface area contributed by atoms with Gasteiger partial charge in [-0.15, -0.1) is 0 Å². The fourth-order valence-corrected chi connectivity index (χ4v) is 4.89. The van der Waals surface area contributed by atoms with Gasteiger partial charge in [0.15, 0.2) is 11.5 Å². The van der Waals surface area contributed by atoms with E-state index >= 15 is 0 Å². The topological polar surface area (TPSA) is 186 Å². The van der Waals surface area contributed by atoms with Crippen molar-refractivity contribution in [2.45, 2.75) is 71.6 Å². The number of hydrogen-bond acceptors (Lipinski definition) is 13. The quantitative estimate of drug-likeness (QED) is 0.137. The molecule has 2 aromatic carbocycles. The third kappa shape index (κ3) is 7.59. The van der Waals surface area contributed by atoms with Crippen LogP contribution in [0.4, 0.5) is 0 Å². The molecule has 5 atom stereocenters. The van der Waals surface area contributed by atoms with E-state index in [9.17, 15) is 29.1 Å². The van der Waals surface area contributed by atoms with E-state index in [1.807, 2.05) is 30.3 Å². The monoisotopic (exact) mass is 627 g/mol. The minimum atomic E-state index is -2.67. The first kappa shape index (κ1) is 33.0. The first-order valence-corrected chi connectivity index (χ1v) is 13.8. The normalized spacial score (nSPS) is 22.6. The molecular weight excluding hydrogens is 594 g/mol. The lowest BCUT2D eigenvalue weighted by molar-refractivity contribution is -0.373. The number of fused-ring (bicyclic) bond motifs is 1. The summed E-state index contributed by atoms with van der Waals surface area (Å²) in [6, 6.07) is 14.2. The van der Waals surface area contributed by atoms with Gasteiger partial charge in [0.05, 0.1) is 5.52 Å². The van der Waals surface area contributed by atoms with Crippen molar-refractivity contribution in [2.24, 2.45) is 0 Å². The highest BCUT2D eigenvalue weighted by atomic mass is 16.8. The van der Waals surface area contributed by atoms with Crippen LogP contribution in [0.25, 0.3) is 10.9 Å². The number of rotatable bonds is 11. The Balaban J connectivity index is 1.91. The largest absolute Gasteiger partial charge is 0.489 e. The van der Waals surface area contributed by atoms with Crippen molar-refractivity contribution in [1.82, 2.24) is 4.98 Å². The molecule has 240 valence electrons. The van der Waals surface area contributed by atoms with Crippen LogP contribution < -0.4 is 9.47 Å². The van der Waals surface area contributed by atoms with E-state index < -0.39 is 66.7 Å². The molecule has 1 saturated heterocycles. The molecule has 14 nitrogen and oxygen atoms in total. The maximum atomic E-state index is 12.9. The second-order valence-corrected chi connectivity index (χ2v) is 10.2. The number of Topliss-reactive ketones (excluding diaryl/α,β-unsaturated/α-hetero) is 1. The SMILES string of the molecule is CC(=O)OC[C@H]1OC(O)[C@H](OC(C)=O)[C@@](OC(C)=O)(Oc2c(C(C)=O)[nH]c3ccc(OCc4ccccc4)cc23)[C@H]1OC(C)=O. The predicted molar refractivity (Wildman–Crippen MR) is 153 cm³/mol. The number of benzene rings is 2. The van der Waals surface area contributed by atoms with E-state index in [-0.39, 0.29) is 23.4 Å². The summed E-state index contributed by atoms with van der Waals surface area (Å²) in [6.07, 6.45) is -7.35. The minimum absolute atomic E-state index is 0.0996. The Morgan fingerprint density at radius 3 is 2.13 bits per heavy atom. The molecule has 0 saturated carbocycles. The molecule has 1 fully saturated rings. The van der Waals surface area contributed by atoms with Gasteiger partial charge in [0, 0.05) is 40.0 Å². The molecule has 4 rings (SSSR count). The van der Waals surface area contributed by atoms with E-state index in [1.165, 1.54) is 6.92 Å². The number of carbonyl (C=O) groups is 5. The van der Waals surface area contributed by atoms with Crippen molar-refractivity contribution in [3.8, 4) is 11.5 Å². The van der Waals surface area contributed by atoms with Crippen molar-refractivity contribution >= 4 is 40.6 Å². The molecule has 1 aliphatic rings. The molecule has 1 aliphatic heterocycles. The number of ketones is 1. The highest BCUT2D eigenvalue weighted by molar-refractivity contribution is 6.03. The van der Waals surface area contributed by atoms with Crippen LogP contribution in [0.3, 0.4) is 0 Å². The van der Waals surface area contributed by atoms with E-state index in [0.717, 1.165) is 33.3 Å². The molecule has 0 spiro atoms. The van der Waals surface area contributed by atoms with Crippen molar-refractivity contribution in [3.63, 3.8) is 0 Å². The second-order valence-electron chi connectivity index (χ2n) is 10.2. The summed E-state index contributed by atoms with van der Waals surface area (Å²) in [4.78, 5) is 64.8. The van der Waals surface area contributed by atoms with Crippen LogP contribution in [0.5, 0.6) is 11.5 Å². The molecule has 2 heterocycles. The highest BCUT2D eigenvalue weighted by Crippen LogP contribution is 2.43. The fourth-order valence-electron chi connectivity index (χ4n) is 4.89. The maximum Gasteiger partial charge on any atom is 0.336 e. The molecule has 0 amide bonds. The van der Waals surface area contributed by atoms with Gasteiger partial charge in [0.2, 0.25) is 18.5 Å². The second kappa shape index (κ2) is 13.8. The number of hydrogen-bond donors (Lipinski definition) is 2. The van der Waals surface area contributed by atoms with Gasteiger partial charge in [-0.05, 0) is 23.8 Å². The lowest BCUT2D eigenvalue weighted by atomic mass is 9.93. The summed E-state index contributed by atoms with van der Waals surface area (Å²) >= 11 is 0. The molecular formula is C31H33NO13. The Bertz CT molecular complexity index is 1580. The van der Waals surface area contributed by atoms with E-state index in [1.54, 1.807) is 18.2 Å². The summed E-state index contributed by atoms with van der Waals surface area (Å²) in [7, 11) is 0. The number of aliphatic hydroxyl groups excluding tert-OH is 1. The van der Waals surface area contributed by atoms with Gasteiger partial charge in [-0.3, -0.25) is 24.0 Å². The minimum Gasteiger partial charge on any atom is -0.489 e. The van der Waals surface area contributed by atoms with Gasteiger partial charge in [-0.1, -0.05) is 30.3 Å². The summed E-state index contributed by atoms with van der Waals surface area (Å²) in [5.74, 6) is -6.65. The number of H-pyrrole nitrogens is 1. The van der Waals surface area contributed by atoms with Crippen LogP contribution in [0.15, 0.2) is 48.5 Å². The van der Waals surface area contributed by atoms with Crippen molar-refractivity contribution in [2.75, 3.05) is 6.61 Å². The van der Waals surface area contributed by atoms with Crippen molar-refractivity contribution < 1.29 is 62.2 Å². The predicted octanol–water partition coefficient (Wildman–Crippen LogP) is 2.73. The van der Waals surface area contributed by atoms with E-state index in [0.29, 0.717) is 11.3 Å². The molecule has 0 bridgehead atoms. The zero-order valence-corrected chi connectivity index (χ0v) is 25.2. The number of carbonyl (C=O) groups excluding carboxylic acids is 5. The lowest BCUT2D eigenvalue weighted by Crippen LogP contribution is -2.73. The van der Waals surface area contributed by atoms with Crippen LogP contribution >= 0.6 is 0 Å². The van der Waals surface area contributed by atoms with E-state index in [4.69, 9.17) is 33.2 Å². The van der Waals surface area contributed by atoms with Gasteiger partial charge < -0.3 is 43.2 Å². The Morgan fingerprint density at radius 2 is 1.53 bits per heavy atom. The third-order valence-electron chi connectivity index (χ3n) is 6.63. The van der Waals surface area contributed by atoms with Crippen LogP contribution in [0.1, 0.15) is 50.7 Å². The van der Waals surface area contributed by atoms with Gasteiger partial charge in [0.25, 0.3) is 0 Å². The van der Waals surface area contributed by atoms with Gasteiger partial charge in [0.1, 0.15) is 30.8 Å². The van der Waals surface area contributed by atoms with Gasteiger partial charge >= 0.3 is 29.7 Å². The number of aliphatic hydroxyl groups is 1. The van der Waals surface area contributed by atoms with Crippen LogP contribution in [-0.2, 0) is 49.5 Å². The van der Waals surface area contributed by atoms with Gasteiger partial charge in [-0.25, -0.2) is 0 Å². The molecule has 2 N–H and O–H groups in total. The summed E-state index contributed by atoms with van der Waals surface area (Å²) in [6.45, 7) is 5.03. The van der Waals surface area contributed by atoms with Crippen LogP contribution in [0, 0.1) is 0 Å². The zero-order valence-electron chi connectivity index (χ0n) is 25.2. The lowest BCUT2D eigenvalue weighted by Gasteiger charge is -2.49. The van der Waals surface area contributed by atoms with Gasteiger partial charge in [-0.2, -0.15) is 0 Å². The Hall–Kier alpha value is -4.95. The van der Waals surface area contributed by atoms with Crippen LogP contribution in [0.2, 0.25) is 0 Å². The molecule has 3 aromatic rings. The maximum absolute atomic E-state index is 12.9. The average molecular weight is 628 g/mol. The Labute approximate surface area is 257 Å². The van der Waals surface area contributed by atoms with E-state index in [2.05, 4.69) is 4.98 Å². The first-order valence-electron chi connectivity index (χ1n) is 13.8. The summed E-state index contributed by atoms with van der Waals surface area (Å²) in [5.41, 5.74) is 1.19. The Kier molecular flexibility index (Phi) is 10.1. The molecule has 0 aliphatic carbocycles. The summed E-state index contributed by atoms with van der Waals surface area (Å²) in [5, 5.41) is 11.3. The summed E-state index contributed by atoms with van der Waals surface area (Å²) < 4.78 is 39.4. The number of nitrogens with one attached hydrogen (secondary N) is 1. The van der Waals surface area contributed by atoms with Crippen molar-refractivity contribution in [3.05, 3.63) is 59.8 Å².